The number of hydrogen-bond acceptors (Lipinski definition) is 5. The van der Waals surface area contributed by atoms with Crippen LogP contribution in [0.4, 0.5) is 0 Å². The van der Waals surface area contributed by atoms with Crippen molar-refractivity contribution in [3.8, 4) is 50.8 Å². The van der Waals surface area contributed by atoms with Crippen LogP contribution in [0.25, 0.3) is 72.0 Å². The number of rotatable bonds is 6. The predicted octanol–water partition coefficient (Wildman–Crippen LogP) is 12.5. The van der Waals surface area contributed by atoms with E-state index in [1.54, 1.807) is 0 Å². The van der Waals surface area contributed by atoms with Gasteiger partial charge in [0.05, 0.1) is 28.7 Å². The minimum Gasteiger partial charge on any atom is -0.192 e. The van der Waals surface area contributed by atoms with Crippen LogP contribution in [-0.4, -0.2) is 10.2 Å². The lowest BCUT2D eigenvalue weighted by atomic mass is 9.89. The first-order valence-corrected chi connectivity index (χ1v) is 17.8. The topological polar surface area (TPSA) is 74.3 Å². The largest absolute Gasteiger partial charge is 0.192 e. The molecule has 1 aromatic heterocycles. The lowest BCUT2D eigenvalue weighted by Crippen LogP contribution is -2.09. The summed E-state index contributed by atoms with van der Waals surface area (Å²) in [5, 5.41) is 33.5. The molecular formula is C48H33N5. The molecule has 1 aliphatic rings. The van der Waals surface area contributed by atoms with Crippen LogP contribution in [0.5, 0.6) is 0 Å². The first-order chi connectivity index (χ1) is 26.1. The first kappa shape index (κ1) is 31.9. The summed E-state index contributed by atoms with van der Waals surface area (Å²) in [6.45, 7) is 2.19. The first-order valence-electron chi connectivity index (χ1n) is 17.8. The van der Waals surface area contributed by atoms with Gasteiger partial charge in [0, 0.05) is 22.6 Å². The maximum Gasteiger partial charge on any atom is 0.102 e. The van der Waals surface area contributed by atoms with Gasteiger partial charge in [0.15, 0.2) is 0 Å². The van der Waals surface area contributed by atoms with Gasteiger partial charge in [0.25, 0.3) is 0 Å². The Hall–Kier alpha value is -7.03. The van der Waals surface area contributed by atoms with Crippen LogP contribution in [0.2, 0.25) is 0 Å². The third kappa shape index (κ3) is 6.39. The van der Waals surface area contributed by atoms with Gasteiger partial charge in [-0.25, -0.2) is 0 Å². The maximum atomic E-state index is 10.1. The summed E-state index contributed by atoms with van der Waals surface area (Å²) >= 11 is 0. The Morgan fingerprint density at radius 2 is 1.02 bits per heavy atom. The summed E-state index contributed by atoms with van der Waals surface area (Å²) in [5.74, 6) is 0.151. The Balaban J connectivity index is 0.979. The van der Waals surface area contributed by atoms with E-state index in [1.165, 1.54) is 21.5 Å². The van der Waals surface area contributed by atoms with Gasteiger partial charge in [-0.05, 0) is 104 Å². The molecule has 0 amide bonds. The summed E-state index contributed by atoms with van der Waals surface area (Å²) in [6, 6.07) is 58.5. The van der Waals surface area contributed by atoms with Crippen molar-refractivity contribution in [2.45, 2.75) is 13.0 Å². The minimum absolute atomic E-state index is 0.108. The fraction of sp³-hybridized carbons (Fsp3) is 0.0625. The average Bonchev–Trinajstić information content (AvgIpc) is 3.23. The quantitative estimate of drug-likeness (QED) is 0.176. The van der Waals surface area contributed by atoms with Gasteiger partial charge in [-0.2, -0.15) is 15.5 Å². The molecule has 0 saturated heterocycles. The minimum atomic E-state index is -0.108. The fourth-order valence-electron chi connectivity index (χ4n) is 7.25. The molecule has 0 N–H and O–H groups in total. The van der Waals surface area contributed by atoms with Crippen LogP contribution in [0.15, 0.2) is 180 Å². The van der Waals surface area contributed by atoms with Crippen LogP contribution >= 0.6 is 0 Å². The summed E-state index contributed by atoms with van der Waals surface area (Å²) in [4.78, 5) is 0. The number of fused-ring (bicyclic) bond motifs is 2. The van der Waals surface area contributed by atoms with E-state index < -0.39 is 0 Å². The van der Waals surface area contributed by atoms with Crippen LogP contribution in [0, 0.1) is 17.2 Å². The second-order valence-electron chi connectivity index (χ2n) is 13.6. The molecule has 2 unspecified atom stereocenters. The van der Waals surface area contributed by atoms with Crippen LogP contribution in [0.3, 0.4) is 0 Å². The lowest BCUT2D eigenvalue weighted by molar-refractivity contribution is 0.534. The zero-order valence-electron chi connectivity index (χ0n) is 29.1. The molecule has 0 bridgehead atoms. The second kappa shape index (κ2) is 13.6. The van der Waals surface area contributed by atoms with E-state index in [0.29, 0.717) is 5.56 Å². The van der Waals surface area contributed by atoms with Crippen molar-refractivity contribution in [2.24, 2.45) is 16.1 Å². The molecule has 0 saturated carbocycles. The zero-order chi connectivity index (χ0) is 35.7. The molecule has 1 aliphatic heterocycles. The SMILES string of the molecule is CC1C=C(c2ccc3ccccc3c2)N=NC1c1cccc(-c2cc(C#N)cc(-c3cccc(-c4ccc(-c5ccc6ccccc6c5)nn4)c3)c2)c1. The number of benzene rings is 7. The standard InChI is InChI=1S/C48H33N5/c1-31-22-47(41-19-17-34-9-3-5-11-36(34)26-41)52-53-48(31)42-15-7-13-38(28-42)44-24-32(30-49)23-43(29-44)37-12-6-14-39(27-37)45-20-21-46(51-50-45)40-18-16-33-8-2-4-10-35(33)25-40/h2-29,31,48H,1H3. The average molecular weight is 680 g/mol. The van der Waals surface area contributed by atoms with E-state index in [-0.39, 0.29) is 12.0 Å². The number of azo groups is 1. The number of nitrogens with zero attached hydrogens (tertiary/aromatic N) is 5. The molecule has 0 aliphatic carbocycles. The molecule has 0 radical (unpaired) electrons. The van der Waals surface area contributed by atoms with E-state index in [4.69, 9.17) is 10.2 Å². The highest BCUT2D eigenvalue weighted by molar-refractivity contribution is 5.88. The van der Waals surface area contributed by atoms with Crippen LogP contribution < -0.4 is 0 Å². The van der Waals surface area contributed by atoms with E-state index in [0.717, 1.165) is 61.6 Å². The Bertz CT molecular complexity index is 2770. The second-order valence-corrected chi connectivity index (χ2v) is 13.6. The van der Waals surface area contributed by atoms with E-state index in [9.17, 15) is 5.26 Å². The fourth-order valence-corrected chi connectivity index (χ4v) is 7.25. The van der Waals surface area contributed by atoms with Gasteiger partial charge >= 0.3 is 0 Å². The highest BCUT2D eigenvalue weighted by Gasteiger charge is 2.23. The summed E-state index contributed by atoms with van der Waals surface area (Å²) in [7, 11) is 0. The summed E-state index contributed by atoms with van der Waals surface area (Å²) in [6.07, 6.45) is 2.22. The van der Waals surface area contributed by atoms with Gasteiger partial charge in [-0.1, -0.05) is 122 Å². The van der Waals surface area contributed by atoms with Crippen molar-refractivity contribution in [2.75, 3.05) is 0 Å². The van der Waals surface area contributed by atoms with Crippen LogP contribution in [-0.2, 0) is 0 Å². The lowest BCUT2D eigenvalue weighted by Gasteiger charge is -2.22. The van der Waals surface area contributed by atoms with Crippen molar-refractivity contribution in [3.63, 3.8) is 0 Å². The molecule has 5 heteroatoms. The molecule has 0 spiro atoms. The van der Waals surface area contributed by atoms with E-state index in [1.807, 2.05) is 48.5 Å². The molecule has 9 rings (SSSR count). The Kier molecular flexibility index (Phi) is 8.19. The van der Waals surface area contributed by atoms with Gasteiger partial charge in [-0.3, -0.25) is 0 Å². The molecule has 53 heavy (non-hydrogen) atoms. The van der Waals surface area contributed by atoms with Gasteiger partial charge in [0.1, 0.15) is 6.04 Å². The number of nitriles is 1. The highest BCUT2D eigenvalue weighted by atomic mass is 15.1. The molecule has 7 aromatic carbocycles. The van der Waals surface area contributed by atoms with Crippen LogP contribution in [0.1, 0.15) is 29.7 Å². The van der Waals surface area contributed by atoms with Crippen molar-refractivity contribution in [1.29, 1.82) is 5.26 Å². The molecule has 0 fully saturated rings. The summed E-state index contributed by atoms with van der Waals surface area (Å²) < 4.78 is 0. The molecular weight excluding hydrogens is 647 g/mol. The molecule has 5 nitrogen and oxygen atoms in total. The number of hydrogen-bond donors (Lipinski definition) is 0. The molecule has 8 aromatic rings. The van der Waals surface area contributed by atoms with Crippen molar-refractivity contribution >= 4 is 27.2 Å². The van der Waals surface area contributed by atoms with Gasteiger partial charge in [0.2, 0.25) is 0 Å². The van der Waals surface area contributed by atoms with Crippen molar-refractivity contribution in [1.82, 2.24) is 10.2 Å². The Morgan fingerprint density at radius 3 is 1.66 bits per heavy atom. The van der Waals surface area contributed by atoms with E-state index in [2.05, 4.69) is 145 Å². The smallest absolute Gasteiger partial charge is 0.102 e. The Morgan fingerprint density at radius 1 is 0.472 bits per heavy atom. The van der Waals surface area contributed by atoms with Gasteiger partial charge in [-0.15, -0.1) is 10.2 Å². The zero-order valence-corrected chi connectivity index (χ0v) is 29.1. The highest BCUT2D eigenvalue weighted by Crippen LogP contribution is 2.38. The molecule has 250 valence electrons. The monoisotopic (exact) mass is 679 g/mol. The molecule has 2 heterocycles. The van der Waals surface area contributed by atoms with Crippen molar-refractivity contribution in [3.05, 3.63) is 187 Å². The molecule has 2 atom stereocenters. The van der Waals surface area contributed by atoms with E-state index >= 15 is 0 Å². The van der Waals surface area contributed by atoms with Crippen molar-refractivity contribution < 1.29 is 0 Å². The normalized spacial score (nSPS) is 15.3. The summed E-state index contributed by atoms with van der Waals surface area (Å²) in [5.41, 5.74) is 11.2. The third-order valence-electron chi connectivity index (χ3n) is 10.1. The number of aromatic nitrogens is 2. The third-order valence-corrected chi connectivity index (χ3v) is 10.1. The Labute approximate surface area is 308 Å². The predicted molar refractivity (Wildman–Crippen MR) is 215 cm³/mol. The van der Waals surface area contributed by atoms with Gasteiger partial charge < -0.3 is 0 Å². The maximum absolute atomic E-state index is 10.1.